The van der Waals surface area contributed by atoms with E-state index in [1.54, 1.807) is 42.0 Å². The number of carboxylic acids is 1. The molecule has 88 valence electrons. The van der Waals surface area contributed by atoms with Crippen LogP contribution in [-0.4, -0.2) is 15.6 Å². The molecule has 1 N–H and O–H groups in total. The molecule has 4 heteroatoms. The molecule has 17 heavy (non-hydrogen) atoms. The van der Waals surface area contributed by atoms with E-state index in [1.807, 2.05) is 0 Å². The molecule has 1 heterocycles. The summed E-state index contributed by atoms with van der Waals surface area (Å²) in [6.07, 6.45) is 1.64. The van der Waals surface area contributed by atoms with E-state index in [0.29, 0.717) is 5.56 Å². The normalized spacial score (nSPS) is 12.4. The van der Waals surface area contributed by atoms with Crippen LogP contribution in [0.5, 0.6) is 0 Å². The summed E-state index contributed by atoms with van der Waals surface area (Å²) in [6.45, 7) is 1.77. The van der Waals surface area contributed by atoms with Crippen LogP contribution in [0.2, 0.25) is 0 Å². The fourth-order valence-corrected chi connectivity index (χ4v) is 1.88. The molecule has 0 aliphatic rings. The fourth-order valence-electron chi connectivity index (χ4n) is 1.88. The molecule has 2 aromatic rings. The summed E-state index contributed by atoms with van der Waals surface area (Å²) in [7, 11) is 0. The minimum atomic E-state index is -1.02. The van der Waals surface area contributed by atoms with E-state index in [4.69, 9.17) is 5.11 Å². The third-order valence-electron chi connectivity index (χ3n) is 2.77. The molecule has 0 bridgehead atoms. The summed E-state index contributed by atoms with van der Waals surface area (Å²) < 4.78 is 15.1. The van der Waals surface area contributed by atoms with Gasteiger partial charge in [0.2, 0.25) is 0 Å². The predicted octanol–water partition coefficient (Wildman–Crippen LogP) is 2.93. The molecule has 0 spiro atoms. The molecule has 1 atom stereocenters. The first-order valence-electron chi connectivity index (χ1n) is 5.26. The minimum absolute atomic E-state index is 0.153. The Hall–Kier alpha value is -2.10. The number of hydrogen-bond acceptors (Lipinski definition) is 1. The van der Waals surface area contributed by atoms with Gasteiger partial charge < -0.3 is 9.67 Å². The van der Waals surface area contributed by atoms with Crippen molar-refractivity contribution in [1.29, 1.82) is 0 Å². The van der Waals surface area contributed by atoms with E-state index in [0.717, 1.165) is 0 Å². The molecule has 1 aromatic carbocycles. The van der Waals surface area contributed by atoms with Crippen molar-refractivity contribution in [1.82, 2.24) is 4.57 Å². The van der Waals surface area contributed by atoms with Gasteiger partial charge in [-0.3, -0.25) is 0 Å². The van der Waals surface area contributed by atoms with E-state index in [9.17, 15) is 9.18 Å². The summed E-state index contributed by atoms with van der Waals surface area (Å²) >= 11 is 0. The van der Waals surface area contributed by atoms with E-state index in [1.165, 1.54) is 12.1 Å². The molecule has 3 nitrogen and oxygen atoms in total. The van der Waals surface area contributed by atoms with Gasteiger partial charge in [-0.15, -0.1) is 0 Å². The van der Waals surface area contributed by atoms with E-state index in [2.05, 4.69) is 0 Å². The fraction of sp³-hybridized carbons (Fsp3) is 0.154. The molecule has 1 aromatic heterocycles. The Balaban J connectivity index is 2.44. The number of halogens is 1. The van der Waals surface area contributed by atoms with Crippen molar-refractivity contribution < 1.29 is 14.3 Å². The van der Waals surface area contributed by atoms with Crippen molar-refractivity contribution in [3.8, 4) is 0 Å². The number of carbonyl (C=O) groups is 1. The van der Waals surface area contributed by atoms with Gasteiger partial charge in [0.25, 0.3) is 0 Å². The lowest BCUT2D eigenvalue weighted by Gasteiger charge is -2.16. The van der Waals surface area contributed by atoms with Gasteiger partial charge in [-0.2, -0.15) is 0 Å². The first-order valence-corrected chi connectivity index (χ1v) is 5.26. The van der Waals surface area contributed by atoms with Gasteiger partial charge >= 0.3 is 5.97 Å². The molecule has 1 unspecified atom stereocenters. The van der Waals surface area contributed by atoms with Crippen LogP contribution < -0.4 is 0 Å². The van der Waals surface area contributed by atoms with Crippen molar-refractivity contribution >= 4 is 5.97 Å². The van der Waals surface area contributed by atoms with Gasteiger partial charge in [0.1, 0.15) is 11.5 Å². The first kappa shape index (κ1) is 11.4. The molecule has 0 amide bonds. The zero-order valence-corrected chi connectivity index (χ0v) is 9.30. The smallest absolute Gasteiger partial charge is 0.352 e. The highest BCUT2D eigenvalue weighted by Crippen LogP contribution is 2.22. The average Bonchev–Trinajstić information content (AvgIpc) is 2.77. The highest BCUT2D eigenvalue weighted by Gasteiger charge is 2.17. The highest BCUT2D eigenvalue weighted by molar-refractivity contribution is 5.85. The quantitative estimate of drug-likeness (QED) is 0.885. The van der Waals surface area contributed by atoms with E-state index < -0.39 is 5.97 Å². The van der Waals surface area contributed by atoms with Crippen LogP contribution >= 0.6 is 0 Å². The second-order valence-corrected chi connectivity index (χ2v) is 3.80. The first-order chi connectivity index (χ1) is 8.11. The van der Waals surface area contributed by atoms with Gasteiger partial charge in [-0.25, -0.2) is 9.18 Å². The molecule has 0 saturated carbocycles. The maximum absolute atomic E-state index is 13.6. The number of hydrogen-bond donors (Lipinski definition) is 1. The Morgan fingerprint density at radius 1 is 1.29 bits per heavy atom. The van der Waals surface area contributed by atoms with Crippen LogP contribution in [0.4, 0.5) is 4.39 Å². The highest BCUT2D eigenvalue weighted by atomic mass is 19.1. The van der Waals surface area contributed by atoms with Gasteiger partial charge in [-0.1, -0.05) is 18.2 Å². The zero-order valence-electron chi connectivity index (χ0n) is 9.30. The summed E-state index contributed by atoms with van der Waals surface area (Å²) in [5.74, 6) is -1.34. The predicted molar refractivity (Wildman–Crippen MR) is 61.6 cm³/mol. The Labute approximate surface area is 98.1 Å². The Bertz CT molecular complexity index is 548. The summed E-state index contributed by atoms with van der Waals surface area (Å²) in [4.78, 5) is 11.0. The third kappa shape index (κ3) is 2.06. The van der Waals surface area contributed by atoms with Crippen LogP contribution in [-0.2, 0) is 0 Å². The summed E-state index contributed by atoms with van der Waals surface area (Å²) in [5.41, 5.74) is 0.631. The maximum atomic E-state index is 13.6. The number of aromatic carboxylic acids is 1. The molecular formula is C13H12FNO2. The van der Waals surface area contributed by atoms with Crippen LogP contribution in [0, 0.1) is 5.82 Å². The third-order valence-corrected chi connectivity index (χ3v) is 2.77. The van der Waals surface area contributed by atoms with Crippen molar-refractivity contribution in [3.63, 3.8) is 0 Å². The topological polar surface area (TPSA) is 42.2 Å². The van der Waals surface area contributed by atoms with Crippen molar-refractivity contribution in [2.75, 3.05) is 0 Å². The largest absolute Gasteiger partial charge is 0.477 e. The lowest BCUT2D eigenvalue weighted by atomic mass is 10.1. The number of rotatable bonds is 3. The Morgan fingerprint density at radius 2 is 2.00 bits per heavy atom. The number of aromatic nitrogens is 1. The molecule has 0 radical (unpaired) electrons. The van der Waals surface area contributed by atoms with E-state index in [-0.39, 0.29) is 17.6 Å². The SMILES string of the molecule is CC(c1ccccc1F)n1cccc1C(=O)O. The van der Waals surface area contributed by atoms with Crippen LogP contribution in [0.1, 0.15) is 29.0 Å². The molecule has 0 saturated heterocycles. The summed E-state index contributed by atoms with van der Waals surface area (Å²) in [5, 5.41) is 9.01. The van der Waals surface area contributed by atoms with Gasteiger partial charge in [-0.05, 0) is 25.1 Å². The van der Waals surface area contributed by atoms with Gasteiger partial charge in [0.15, 0.2) is 0 Å². The van der Waals surface area contributed by atoms with Crippen LogP contribution in [0.15, 0.2) is 42.6 Å². The average molecular weight is 233 g/mol. The lowest BCUT2D eigenvalue weighted by Crippen LogP contribution is -2.13. The molecule has 0 aliphatic carbocycles. The molecule has 0 fully saturated rings. The summed E-state index contributed by atoms with van der Waals surface area (Å²) in [6, 6.07) is 9.16. The number of nitrogens with zero attached hydrogens (tertiary/aromatic N) is 1. The number of carboxylic acid groups (broad SMARTS) is 1. The molecule has 0 aliphatic heterocycles. The second kappa shape index (κ2) is 4.41. The molecular weight excluding hydrogens is 221 g/mol. The van der Waals surface area contributed by atoms with Crippen molar-refractivity contribution in [2.45, 2.75) is 13.0 Å². The Kier molecular flexibility index (Phi) is 2.95. The zero-order chi connectivity index (χ0) is 12.4. The Morgan fingerprint density at radius 3 is 2.65 bits per heavy atom. The van der Waals surface area contributed by atoms with Crippen LogP contribution in [0.25, 0.3) is 0 Å². The van der Waals surface area contributed by atoms with E-state index >= 15 is 0 Å². The lowest BCUT2D eigenvalue weighted by molar-refractivity contribution is 0.0684. The second-order valence-electron chi connectivity index (χ2n) is 3.80. The van der Waals surface area contributed by atoms with Crippen molar-refractivity contribution in [3.05, 3.63) is 59.7 Å². The number of benzene rings is 1. The van der Waals surface area contributed by atoms with Crippen molar-refractivity contribution in [2.24, 2.45) is 0 Å². The monoisotopic (exact) mass is 233 g/mol. The minimum Gasteiger partial charge on any atom is -0.477 e. The van der Waals surface area contributed by atoms with Crippen LogP contribution in [0.3, 0.4) is 0 Å². The maximum Gasteiger partial charge on any atom is 0.352 e. The standard InChI is InChI=1S/C13H12FNO2/c1-9(10-5-2-3-6-11(10)14)15-8-4-7-12(15)13(16)17/h2-9H,1H3,(H,16,17). The molecule has 2 rings (SSSR count). The van der Waals surface area contributed by atoms with Gasteiger partial charge in [0.05, 0.1) is 6.04 Å². The van der Waals surface area contributed by atoms with Gasteiger partial charge in [0, 0.05) is 11.8 Å².